The summed E-state index contributed by atoms with van der Waals surface area (Å²) in [6, 6.07) is 1.66. The Morgan fingerprint density at radius 2 is 2.12 bits per heavy atom. The van der Waals surface area contributed by atoms with E-state index in [0.29, 0.717) is 17.2 Å². The third-order valence-corrected chi connectivity index (χ3v) is 5.73. The van der Waals surface area contributed by atoms with Gasteiger partial charge in [0.25, 0.3) is 5.56 Å². The number of fused-ring (bicyclic) bond motifs is 1. The van der Waals surface area contributed by atoms with Gasteiger partial charge in [-0.15, -0.1) is 11.3 Å². The maximum absolute atomic E-state index is 12.3. The molecule has 8 heteroatoms. The summed E-state index contributed by atoms with van der Waals surface area (Å²) in [4.78, 5) is 43.2. The van der Waals surface area contributed by atoms with E-state index in [9.17, 15) is 14.4 Å². The summed E-state index contributed by atoms with van der Waals surface area (Å²) in [5.74, 6) is -0.757. The maximum Gasteiger partial charge on any atom is 0.311 e. The Balaban J connectivity index is 1.38. The number of hydrogen-bond donors (Lipinski definition) is 0. The van der Waals surface area contributed by atoms with E-state index in [0.717, 1.165) is 25.7 Å². The normalized spacial score (nSPS) is 21.4. The number of rotatable bonds is 4. The maximum atomic E-state index is 12.3. The van der Waals surface area contributed by atoms with Gasteiger partial charge in [-0.25, -0.2) is 4.98 Å². The van der Waals surface area contributed by atoms with E-state index >= 15 is 0 Å². The minimum atomic E-state index is -0.417. The van der Waals surface area contributed by atoms with Crippen LogP contribution in [0.4, 0.5) is 0 Å². The van der Waals surface area contributed by atoms with E-state index in [1.807, 2.05) is 4.90 Å². The van der Waals surface area contributed by atoms with E-state index in [2.05, 4.69) is 4.98 Å². The molecule has 25 heavy (non-hydrogen) atoms. The zero-order chi connectivity index (χ0) is 17.4. The second kappa shape index (κ2) is 6.59. The minimum absolute atomic E-state index is 0.0450. The fourth-order valence-electron chi connectivity index (χ4n) is 3.68. The van der Waals surface area contributed by atoms with Crippen molar-refractivity contribution in [3.8, 4) is 0 Å². The highest BCUT2D eigenvalue weighted by Crippen LogP contribution is 2.30. The molecule has 2 aliphatic rings. The molecule has 2 fully saturated rings. The van der Waals surface area contributed by atoms with E-state index < -0.39 is 5.92 Å². The molecule has 1 amide bonds. The van der Waals surface area contributed by atoms with Crippen LogP contribution in [0.15, 0.2) is 22.4 Å². The fraction of sp³-hybridized carbons (Fsp3) is 0.529. The quantitative estimate of drug-likeness (QED) is 0.773. The second-order valence-corrected chi connectivity index (χ2v) is 7.51. The van der Waals surface area contributed by atoms with Gasteiger partial charge in [0, 0.05) is 36.7 Å². The van der Waals surface area contributed by atoms with Gasteiger partial charge < -0.3 is 9.64 Å². The van der Waals surface area contributed by atoms with Crippen molar-refractivity contribution in [3.63, 3.8) is 0 Å². The average Bonchev–Trinajstić information content (AvgIpc) is 3.32. The number of nitrogens with zero attached hydrogens (tertiary/aromatic N) is 3. The SMILES string of the molecule is O=C(OCc1cc(=O)n2ccsc2n1)[C@@H]1CC(=O)N(C2CCCC2)C1. The summed E-state index contributed by atoms with van der Waals surface area (Å²) in [5, 5.41) is 1.78. The number of amides is 1. The van der Waals surface area contributed by atoms with E-state index in [1.165, 1.54) is 21.8 Å². The van der Waals surface area contributed by atoms with E-state index in [4.69, 9.17) is 4.74 Å². The smallest absolute Gasteiger partial charge is 0.311 e. The highest BCUT2D eigenvalue weighted by molar-refractivity contribution is 7.15. The molecule has 4 rings (SSSR count). The topological polar surface area (TPSA) is 81.0 Å². The van der Waals surface area contributed by atoms with Crippen LogP contribution < -0.4 is 5.56 Å². The molecule has 1 atom stereocenters. The lowest BCUT2D eigenvalue weighted by Gasteiger charge is -2.23. The third-order valence-electron chi connectivity index (χ3n) is 4.98. The van der Waals surface area contributed by atoms with Crippen LogP contribution in [0.3, 0.4) is 0 Å². The number of thiazole rings is 1. The Hall–Kier alpha value is -2.22. The van der Waals surface area contributed by atoms with Crippen molar-refractivity contribution >= 4 is 28.2 Å². The van der Waals surface area contributed by atoms with Gasteiger partial charge in [0.2, 0.25) is 5.91 Å². The average molecular weight is 361 g/mol. The summed E-state index contributed by atoms with van der Waals surface area (Å²) >= 11 is 1.35. The first-order valence-electron chi connectivity index (χ1n) is 8.54. The van der Waals surface area contributed by atoms with Crippen LogP contribution >= 0.6 is 11.3 Å². The van der Waals surface area contributed by atoms with Gasteiger partial charge in [0.15, 0.2) is 4.96 Å². The van der Waals surface area contributed by atoms with E-state index in [-0.39, 0.29) is 36.5 Å². The van der Waals surface area contributed by atoms with Crippen LogP contribution in [0.5, 0.6) is 0 Å². The lowest BCUT2D eigenvalue weighted by atomic mass is 10.1. The lowest BCUT2D eigenvalue weighted by molar-refractivity contribution is -0.149. The highest BCUT2D eigenvalue weighted by Gasteiger charge is 2.39. The van der Waals surface area contributed by atoms with Gasteiger partial charge in [-0.3, -0.25) is 18.8 Å². The first-order chi connectivity index (χ1) is 12.1. The number of ether oxygens (including phenoxy) is 1. The summed E-state index contributed by atoms with van der Waals surface area (Å²) in [5.41, 5.74) is 0.235. The number of likely N-dealkylation sites (tertiary alicyclic amines) is 1. The lowest BCUT2D eigenvalue weighted by Crippen LogP contribution is -2.35. The number of aromatic nitrogens is 2. The molecule has 1 saturated heterocycles. The van der Waals surface area contributed by atoms with Crippen LogP contribution in [0.25, 0.3) is 4.96 Å². The zero-order valence-electron chi connectivity index (χ0n) is 13.7. The van der Waals surface area contributed by atoms with Crippen LogP contribution in [0.1, 0.15) is 37.8 Å². The van der Waals surface area contributed by atoms with Gasteiger partial charge in [0.05, 0.1) is 11.6 Å². The van der Waals surface area contributed by atoms with Crippen molar-refractivity contribution in [2.24, 2.45) is 5.92 Å². The molecule has 2 aromatic heterocycles. The van der Waals surface area contributed by atoms with Crippen molar-refractivity contribution in [2.75, 3.05) is 6.54 Å². The molecule has 0 unspecified atom stereocenters. The third kappa shape index (κ3) is 3.18. The first kappa shape index (κ1) is 16.3. The summed E-state index contributed by atoms with van der Waals surface area (Å²) in [6.45, 7) is 0.402. The molecule has 1 aliphatic carbocycles. The largest absolute Gasteiger partial charge is 0.459 e. The molecule has 2 aromatic rings. The number of carbonyl (C=O) groups is 2. The zero-order valence-corrected chi connectivity index (χ0v) is 14.5. The Morgan fingerprint density at radius 3 is 2.92 bits per heavy atom. The van der Waals surface area contributed by atoms with Crippen molar-refractivity contribution in [1.82, 2.24) is 14.3 Å². The Bertz CT molecular complexity index is 868. The Morgan fingerprint density at radius 1 is 1.32 bits per heavy atom. The highest BCUT2D eigenvalue weighted by atomic mass is 32.1. The van der Waals surface area contributed by atoms with Gasteiger partial charge >= 0.3 is 5.97 Å². The number of hydrogen-bond acceptors (Lipinski definition) is 6. The molecule has 0 N–H and O–H groups in total. The fourth-order valence-corrected chi connectivity index (χ4v) is 4.42. The van der Waals surface area contributed by atoms with Gasteiger partial charge in [-0.05, 0) is 12.8 Å². The van der Waals surface area contributed by atoms with Crippen molar-refractivity contribution in [3.05, 3.63) is 33.7 Å². The molecule has 0 radical (unpaired) electrons. The molecule has 1 saturated carbocycles. The molecule has 0 spiro atoms. The monoisotopic (exact) mass is 361 g/mol. The summed E-state index contributed by atoms with van der Waals surface area (Å²) in [6.07, 6.45) is 6.23. The number of esters is 1. The summed E-state index contributed by atoms with van der Waals surface area (Å²) in [7, 11) is 0. The molecule has 0 aromatic carbocycles. The molecule has 1 aliphatic heterocycles. The molecule has 132 valence electrons. The molecular formula is C17H19N3O4S. The predicted octanol–water partition coefficient (Wildman–Crippen LogP) is 1.59. The van der Waals surface area contributed by atoms with Crippen LogP contribution in [0.2, 0.25) is 0 Å². The molecular weight excluding hydrogens is 342 g/mol. The van der Waals surface area contributed by atoms with Crippen LogP contribution in [0, 0.1) is 5.92 Å². The molecule has 0 bridgehead atoms. The van der Waals surface area contributed by atoms with Crippen LogP contribution in [-0.2, 0) is 20.9 Å². The minimum Gasteiger partial charge on any atom is -0.459 e. The van der Waals surface area contributed by atoms with Gasteiger partial charge in [0.1, 0.15) is 6.61 Å². The van der Waals surface area contributed by atoms with E-state index in [1.54, 1.807) is 11.6 Å². The Labute approximate surface area is 148 Å². The Kier molecular flexibility index (Phi) is 4.29. The summed E-state index contributed by atoms with van der Waals surface area (Å²) < 4.78 is 6.78. The van der Waals surface area contributed by atoms with Crippen LogP contribution in [-0.4, -0.2) is 38.7 Å². The van der Waals surface area contributed by atoms with Crippen molar-refractivity contribution < 1.29 is 14.3 Å². The second-order valence-electron chi connectivity index (χ2n) is 6.63. The first-order valence-corrected chi connectivity index (χ1v) is 9.41. The van der Waals surface area contributed by atoms with Gasteiger partial charge in [-0.2, -0.15) is 0 Å². The van der Waals surface area contributed by atoms with Crippen molar-refractivity contribution in [1.29, 1.82) is 0 Å². The number of carbonyl (C=O) groups excluding carboxylic acids is 2. The molecule has 7 nitrogen and oxygen atoms in total. The predicted molar refractivity (Wildman–Crippen MR) is 91.2 cm³/mol. The standard InChI is InChI=1S/C17H19N3O4S/c21-14-7-11(9-20(14)13-3-1-2-4-13)16(23)24-10-12-8-15(22)19-5-6-25-17(19)18-12/h5-6,8,11,13H,1-4,7,9-10H2/t11-/m1/s1. The van der Waals surface area contributed by atoms with Crippen molar-refractivity contribution in [2.45, 2.75) is 44.8 Å². The van der Waals surface area contributed by atoms with Gasteiger partial charge in [-0.1, -0.05) is 12.8 Å². The molecule has 3 heterocycles.